The Morgan fingerprint density at radius 3 is 2.32 bits per heavy atom. The summed E-state index contributed by atoms with van der Waals surface area (Å²) in [5, 5.41) is 17.0. The Hall–Kier alpha value is -4.47. The number of nitrogens with one attached hydrogen (secondary N) is 2. The van der Waals surface area contributed by atoms with Gasteiger partial charge in [0, 0.05) is 58.6 Å². The Morgan fingerprint density at radius 1 is 1.02 bits per heavy atom. The highest BCUT2D eigenvalue weighted by atomic mass is 19.1. The molecule has 2 aromatic carbocycles. The average Bonchev–Trinajstić information content (AvgIpc) is 3.66. The van der Waals surface area contributed by atoms with E-state index >= 15 is 0 Å². The molecule has 6 unspecified atom stereocenters. The van der Waals surface area contributed by atoms with Gasteiger partial charge in [0.05, 0.1) is 54.6 Å². The second-order valence-electron chi connectivity index (χ2n) is 15.1. The number of nitrogens with zero attached hydrogens (tertiary/aromatic N) is 4. The number of rotatable bonds is 22. The molecule has 3 rings (SSSR count). The van der Waals surface area contributed by atoms with Crippen LogP contribution >= 0.6 is 0 Å². The van der Waals surface area contributed by atoms with E-state index in [0.717, 1.165) is 30.2 Å². The predicted octanol–water partition coefficient (Wildman–Crippen LogP) is 4.34. The lowest BCUT2D eigenvalue weighted by molar-refractivity contribution is -0.385. The fourth-order valence-corrected chi connectivity index (χ4v) is 7.72. The molecule has 1 fully saturated rings. The van der Waals surface area contributed by atoms with Gasteiger partial charge in [-0.2, -0.15) is 0 Å². The third kappa shape index (κ3) is 12.8. The molecule has 0 radical (unpaired) electrons. The summed E-state index contributed by atoms with van der Waals surface area (Å²) in [7, 11) is 6.32. The van der Waals surface area contributed by atoms with Gasteiger partial charge in [0.25, 0.3) is 5.69 Å². The molecule has 1 aliphatic heterocycles. The van der Waals surface area contributed by atoms with Crippen LogP contribution in [0.5, 0.6) is 0 Å². The quantitative estimate of drug-likeness (QED) is 0.131. The molecule has 310 valence electrons. The Labute approximate surface area is 330 Å². The number of non-ortho nitro benzene ring substituents is 1. The van der Waals surface area contributed by atoms with Crippen molar-refractivity contribution >= 4 is 29.3 Å². The molecule has 0 aromatic heterocycles. The van der Waals surface area contributed by atoms with Crippen molar-refractivity contribution in [2.24, 2.45) is 11.8 Å². The van der Waals surface area contributed by atoms with E-state index < -0.39 is 40.9 Å². The van der Waals surface area contributed by atoms with E-state index in [1.807, 2.05) is 58.0 Å². The molecule has 15 heteroatoms. The molecule has 0 saturated carbocycles. The van der Waals surface area contributed by atoms with Crippen LogP contribution in [0.15, 0.2) is 48.5 Å². The number of likely N-dealkylation sites (tertiary alicyclic amines) is 1. The average molecular weight is 785 g/mol. The largest absolute Gasteiger partial charge is 0.379 e. The first-order valence-electron chi connectivity index (χ1n) is 19.4. The van der Waals surface area contributed by atoms with Crippen LogP contribution in [-0.2, 0) is 41.6 Å². The molecule has 4 amide bonds. The van der Waals surface area contributed by atoms with Gasteiger partial charge in [-0.1, -0.05) is 64.4 Å². The maximum absolute atomic E-state index is 14.6. The summed E-state index contributed by atoms with van der Waals surface area (Å²) < 4.78 is 26.3. The Kier molecular flexibility index (Phi) is 18.3. The maximum atomic E-state index is 14.6. The first kappa shape index (κ1) is 45.9. The van der Waals surface area contributed by atoms with Crippen LogP contribution in [0, 0.1) is 27.8 Å². The van der Waals surface area contributed by atoms with Gasteiger partial charge in [0.2, 0.25) is 23.6 Å². The monoisotopic (exact) mass is 784 g/mol. The Morgan fingerprint density at radius 2 is 1.71 bits per heavy atom. The number of amides is 4. The number of hydrogen-bond acceptors (Lipinski definition) is 9. The third-order valence-electron chi connectivity index (χ3n) is 10.9. The molecule has 1 aliphatic rings. The van der Waals surface area contributed by atoms with Gasteiger partial charge in [0.1, 0.15) is 5.82 Å². The summed E-state index contributed by atoms with van der Waals surface area (Å²) in [5.74, 6) is -2.08. The molecule has 0 spiro atoms. The highest BCUT2D eigenvalue weighted by molar-refractivity contribution is 5.87. The fraction of sp³-hybridized carbons (Fsp3) is 0.610. The number of likely N-dealkylation sites (N-methyl/N-ethyl adjacent to an activating group) is 2. The van der Waals surface area contributed by atoms with Crippen LogP contribution in [-0.4, -0.2) is 122 Å². The lowest BCUT2D eigenvalue weighted by atomic mass is 9.90. The van der Waals surface area contributed by atoms with E-state index in [2.05, 4.69) is 10.6 Å². The van der Waals surface area contributed by atoms with Gasteiger partial charge in [0.15, 0.2) is 0 Å². The van der Waals surface area contributed by atoms with Crippen LogP contribution in [0.2, 0.25) is 0 Å². The van der Waals surface area contributed by atoms with Gasteiger partial charge in [-0.25, -0.2) is 4.39 Å². The number of nitro groups is 1. The van der Waals surface area contributed by atoms with Gasteiger partial charge >= 0.3 is 0 Å². The van der Waals surface area contributed by atoms with Gasteiger partial charge in [-0.15, -0.1) is 0 Å². The molecular formula is C41H61FN6O8. The van der Waals surface area contributed by atoms with E-state index in [0.29, 0.717) is 32.4 Å². The van der Waals surface area contributed by atoms with Crippen molar-refractivity contribution < 1.29 is 38.0 Å². The number of carbonyl (C=O) groups excluding carboxylic acids is 4. The predicted molar refractivity (Wildman–Crippen MR) is 211 cm³/mol. The first-order chi connectivity index (χ1) is 26.6. The highest BCUT2D eigenvalue weighted by Gasteiger charge is 2.40. The van der Waals surface area contributed by atoms with Crippen LogP contribution in [0.4, 0.5) is 10.1 Å². The minimum absolute atomic E-state index is 0.000117. The van der Waals surface area contributed by atoms with E-state index in [-0.39, 0.29) is 72.8 Å². The molecule has 1 saturated heterocycles. The van der Waals surface area contributed by atoms with Crippen molar-refractivity contribution in [2.45, 2.75) is 103 Å². The number of hydrogen-bond donors (Lipinski definition) is 2. The summed E-state index contributed by atoms with van der Waals surface area (Å²) in [5.41, 5.74) is 0.948. The second kappa shape index (κ2) is 22.3. The summed E-state index contributed by atoms with van der Waals surface area (Å²) in [6.45, 7) is 8.23. The maximum Gasteiger partial charge on any atom is 0.269 e. The second-order valence-corrected chi connectivity index (χ2v) is 15.1. The third-order valence-corrected chi connectivity index (χ3v) is 10.9. The minimum atomic E-state index is -0.772. The Balaban J connectivity index is 1.64. The standard InChI is InChI=1S/C41H61FN6O8/c1-9-28(4)40(46(6)38(51)25-44-41(52)39(27(2)3)45(5)26-30-22-31(48(53)54)17-18-32(30)42)35(56-8)24-37(50)47-21-13-16-33(47)34(55-7)23-36(49)43-20-19-29-14-11-10-12-15-29/h10-12,14-15,17-18,22,27-28,33-35,39-40H,9,13,16,19-21,23-26H2,1-8H3,(H,43,49)(H,44,52). The number of nitro benzene ring substituents is 1. The van der Waals surface area contributed by atoms with Crippen molar-refractivity contribution in [3.05, 3.63) is 75.6 Å². The summed E-state index contributed by atoms with van der Waals surface area (Å²) in [6.07, 6.45) is 1.82. The van der Waals surface area contributed by atoms with E-state index in [1.54, 1.807) is 31.0 Å². The fourth-order valence-electron chi connectivity index (χ4n) is 7.72. The van der Waals surface area contributed by atoms with Gasteiger partial charge in [-0.05, 0) is 49.8 Å². The van der Waals surface area contributed by atoms with E-state index in [4.69, 9.17) is 9.47 Å². The zero-order valence-corrected chi connectivity index (χ0v) is 34.2. The summed E-state index contributed by atoms with van der Waals surface area (Å²) in [6, 6.07) is 11.6. The summed E-state index contributed by atoms with van der Waals surface area (Å²) in [4.78, 5) is 69.6. The van der Waals surface area contributed by atoms with Gasteiger partial charge in [-0.3, -0.25) is 34.2 Å². The van der Waals surface area contributed by atoms with Crippen molar-refractivity contribution in [1.82, 2.24) is 25.3 Å². The zero-order valence-electron chi connectivity index (χ0n) is 34.2. The number of methoxy groups -OCH3 is 2. The molecule has 14 nitrogen and oxygen atoms in total. The van der Waals surface area contributed by atoms with Crippen LogP contribution in [0.25, 0.3) is 0 Å². The molecule has 1 heterocycles. The molecule has 2 N–H and O–H groups in total. The summed E-state index contributed by atoms with van der Waals surface area (Å²) >= 11 is 0. The molecule has 6 atom stereocenters. The molecule has 0 aliphatic carbocycles. The van der Waals surface area contributed by atoms with Crippen molar-refractivity contribution in [3.63, 3.8) is 0 Å². The molecule has 56 heavy (non-hydrogen) atoms. The number of carbonyl (C=O) groups is 4. The normalized spacial score (nSPS) is 16.9. The topological polar surface area (TPSA) is 164 Å². The minimum Gasteiger partial charge on any atom is -0.379 e. The lowest BCUT2D eigenvalue weighted by Gasteiger charge is -2.39. The van der Waals surface area contributed by atoms with E-state index in [1.165, 1.54) is 12.0 Å². The zero-order chi connectivity index (χ0) is 41.5. The van der Waals surface area contributed by atoms with Crippen LogP contribution in [0.3, 0.4) is 0 Å². The first-order valence-corrected chi connectivity index (χ1v) is 19.4. The van der Waals surface area contributed by atoms with Crippen LogP contribution in [0.1, 0.15) is 70.9 Å². The smallest absolute Gasteiger partial charge is 0.269 e. The highest BCUT2D eigenvalue weighted by Crippen LogP contribution is 2.28. The molecule has 2 aromatic rings. The van der Waals surface area contributed by atoms with Crippen molar-refractivity contribution in [2.75, 3.05) is 47.9 Å². The van der Waals surface area contributed by atoms with E-state index in [9.17, 15) is 33.7 Å². The lowest BCUT2D eigenvalue weighted by Crippen LogP contribution is -2.55. The van der Waals surface area contributed by atoms with Crippen molar-refractivity contribution in [1.29, 1.82) is 0 Å². The van der Waals surface area contributed by atoms with Crippen molar-refractivity contribution in [3.8, 4) is 0 Å². The van der Waals surface area contributed by atoms with Gasteiger partial charge < -0.3 is 29.9 Å². The molecular weight excluding hydrogens is 723 g/mol. The number of benzene rings is 2. The Bertz CT molecular complexity index is 1610. The number of ether oxygens (including phenoxy) is 2. The molecule has 0 bridgehead atoms. The SMILES string of the molecule is CCC(C)C(C(CC(=O)N1CCCC1C(CC(=O)NCCc1ccccc1)OC)OC)N(C)C(=O)CNC(=O)C(C(C)C)N(C)Cc1cc([N+](=O)[O-])ccc1F. The number of halogens is 1. The van der Waals surface area contributed by atoms with Crippen LogP contribution < -0.4 is 10.6 Å².